The summed E-state index contributed by atoms with van der Waals surface area (Å²) in [6, 6.07) is 12.1. The van der Waals surface area contributed by atoms with Crippen LogP contribution in [0, 0.1) is 13.8 Å². The molecule has 0 saturated carbocycles. The maximum Gasteiger partial charge on any atom is 0.263 e. The van der Waals surface area contributed by atoms with E-state index in [9.17, 15) is 9.90 Å². The van der Waals surface area contributed by atoms with E-state index in [2.05, 4.69) is 39.5 Å². The number of nitrogens with one attached hydrogen (secondary N) is 1. The van der Waals surface area contributed by atoms with Crippen LogP contribution >= 0.6 is 11.3 Å². The molecule has 1 amide bonds. The number of carbonyl (C=O) groups excluding carboxylic acids is 1. The maximum absolute atomic E-state index is 12.6. The summed E-state index contributed by atoms with van der Waals surface area (Å²) in [6.07, 6.45) is 1.55. The van der Waals surface area contributed by atoms with Crippen LogP contribution in [-0.4, -0.2) is 40.1 Å². The standard InChI is InChI=1S/C23H27N3O3S/c1-15-3-8-20(29-15)23-25-16(2)21(30-23)22(28)24-13-17-4-6-18(7-5-17)14-26-11-9-19(27)10-12-26/h3-8,19,27H,9-14H2,1-2H3,(H,24,28). The van der Waals surface area contributed by atoms with E-state index in [1.54, 1.807) is 0 Å². The Bertz CT molecular complexity index is 1000. The topological polar surface area (TPSA) is 78.6 Å². The molecule has 3 heterocycles. The Morgan fingerprint density at radius 1 is 1.17 bits per heavy atom. The molecule has 0 radical (unpaired) electrons. The van der Waals surface area contributed by atoms with Gasteiger partial charge < -0.3 is 14.8 Å². The highest BCUT2D eigenvalue weighted by atomic mass is 32.1. The van der Waals surface area contributed by atoms with Crippen molar-refractivity contribution in [2.24, 2.45) is 0 Å². The van der Waals surface area contributed by atoms with Gasteiger partial charge in [0.2, 0.25) is 0 Å². The number of likely N-dealkylation sites (tertiary alicyclic amines) is 1. The maximum atomic E-state index is 12.6. The van der Waals surface area contributed by atoms with Crippen LogP contribution in [0.25, 0.3) is 10.8 Å². The second kappa shape index (κ2) is 9.12. The minimum Gasteiger partial charge on any atom is -0.459 e. The first-order valence-corrected chi connectivity index (χ1v) is 11.1. The highest BCUT2D eigenvalue weighted by Crippen LogP contribution is 2.29. The molecular formula is C23H27N3O3S. The number of thiazole rings is 1. The minimum absolute atomic E-state index is 0.115. The molecule has 6 nitrogen and oxygen atoms in total. The van der Waals surface area contributed by atoms with Crippen molar-refractivity contribution in [3.05, 3.63) is 63.9 Å². The molecule has 158 valence electrons. The van der Waals surface area contributed by atoms with Crippen molar-refractivity contribution in [2.75, 3.05) is 13.1 Å². The number of carbonyl (C=O) groups is 1. The SMILES string of the molecule is Cc1ccc(-c2nc(C)c(C(=O)NCc3ccc(CN4CCC(O)CC4)cc3)s2)o1. The third-order valence-electron chi connectivity index (χ3n) is 5.39. The Morgan fingerprint density at radius 3 is 2.53 bits per heavy atom. The molecule has 0 atom stereocenters. The van der Waals surface area contributed by atoms with Crippen molar-refractivity contribution < 1.29 is 14.3 Å². The second-order valence-corrected chi connectivity index (χ2v) is 8.85. The van der Waals surface area contributed by atoms with Crippen molar-refractivity contribution in [1.29, 1.82) is 0 Å². The normalized spacial score (nSPS) is 15.4. The van der Waals surface area contributed by atoms with Crippen LogP contribution in [0.3, 0.4) is 0 Å². The van der Waals surface area contributed by atoms with Gasteiger partial charge in [-0.2, -0.15) is 0 Å². The first-order valence-electron chi connectivity index (χ1n) is 10.3. The number of rotatable bonds is 6. The van der Waals surface area contributed by atoms with E-state index in [0.717, 1.165) is 48.8 Å². The fourth-order valence-corrected chi connectivity index (χ4v) is 4.57. The van der Waals surface area contributed by atoms with E-state index in [1.165, 1.54) is 16.9 Å². The van der Waals surface area contributed by atoms with Crippen LogP contribution in [0.15, 0.2) is 40.8 Å². The van der Waals surface area contributed by atoms with E-state index < -0.39 is 0 Å². The van der Waals surface area contributed by atoms with Crippen molar-refractivity contribution in [3.8, 4) is 10.8 Å². The highest BCUT2D eigenvalue weighted by Gasteiger charge is 2.18. The van der Waals surface area contributed by atoms with Crippen LogP contribution in [0.5, 0.6) is 0 Å². The average Bonchev–Trinajstić information content (AvgIpc) is 3.34. The molecule has 3 aromatic rings. The lowest BCUT2D eigenvalue weighted by Gasteiger charge is -2.29. The molecule has 7 heteroatoms. The number of nitrogens with zero attached hydrogens (tertiary/aromatic N) is 2. The zero-order valence-corrected chi connectivity index (χ0v) is 18.2. The Hall–Kier alpha value is -2.48. The van der Waals surface area contributed by atoms with E-state index in [4.69, 9.17) is 4.42 Å². The Balaban J connectivity index is 1.32. The van der Waals surface area contributed by atoms with Gasteiger partial charge in [-0.25, -0.2) is 4.98 Å². The zero-order chi connectivity index (χ0) is 21.1. The van der Waals surface area contributed by atoms with Gasteiger partial charge >= 0.3 is 0 Å². The summed E-state index contributed by atoms with van der Waals surface area (Å²) in [5, 5.41) is 13.3. The number of aliphatic hydroxyl groups is 1. The lowest BCUT2D eigenvalue weighted by Crippen LogP contribution is -2.35. The minimum atomic E-state index is -0.145. The van der Waals surface area contributed by atoms with Crippen LogP contribution in [0.2, 0.25) is 0 Å². The molecule has 1 aliphatic rings. The van der Waals surface area contributed by atoms with Crippen LogP contribution < -0.4 is 5.32 Å². The molecule has 30 heavy (non-hydrogen) atoms. The van der Waals surface area contributed by atoms with Gasteiger partial charge in [-0.15, -0.1) is 11.3 Å². The van der Waals surface area contributed by atoms with E-state index in [-0.39, 0.29) is 12.0 Å². The smallest absolute Gasteiger partial charge is 0.263 e. The summed E-state index contributed by atoms with van der Waals surface area (Å²) in [7, 11) is 0. The van der Waals surface area contributed by atoms with E-state index in [1.807, 2.05) is 26.0 Å². The molecule has 0 bridgehead atoms. The fourth-order valence-electron chi connectivity index (χ4n) is 3.62. The van der Waals surface area contributed by atoms with Crippen molar-refractivity contribution in [1.82, 2.24) is 15.2 Å². The highest BCUT2D eigenvalue weighted by molar-refractivity contribution is 7.17. The number of aryl methyl sites for hydroxylation is 2. The number of hydrogen-bond donors (Lipinski definition) is 2. The molecule has 0 unspecified atom stereocenters. The Kier molecular flexibility index (Phi) is 6.32. The number of benzene rings is 1. The van der Waals surface area contributed by atoms with Gasteiger partial charge in [0.15, 0.2) is 10.8 Å². The second-order valence-electron chi connectivity index (χ2n) is 7.85. The number of hydrogen-bond acceptors (Lipinski definition) is 6. The molecule has 2 N–H and O–H groups in total. The Labute approximate surface area is 180 Å². The molecule has 2 aromatic heterocycles. The Morgan fingerprint density at radius 2 is 1.87 bits per heavy atom. The molecule has 1 aliphatic heterocycles. The molecule has 0 spiro atoms. The fraction of sp³-hybridized carbons (Fsp3) is 0.391. The molecule has 1 saturated heterocycles. The monoisotopic (exact) mass is 425 g/mol. The summed E-state index contributed by atoms with van der Waals surface area (Å²) < 4.78 is 5.62. The molecular weight excluding hydrogens is 398 g/mol. The van der Waals surface area contributed by atoms with Crippen molar-refractivity contribution in [3.63, 3.8) is 0 Å². The quantitative estimate of drug-likeness (QED) is 0.626. The largest absolute Gasteiger partial charge is 0.459 e. The van der Waals surface area contributed by atoms with Gasteiger partial charge in [-0.05, 0) is 49.9 Å². The van der Waals surface area contributed by atoms with Gasteiger partial charge in [0.1, 0.15) is 10.6 Å². The number of aromatic nitrogens is 1. The predicted molar refractivity (Wildman–Crippen MR) is 117 cm³/mol. The van der Waals surface area contributed by atoms with Gasteiger partial charge in [0.05, 0.1) is 11.8 Å². The third-order valence-corrected chi connectivity index (χ3v) is 6.56. The lowest BCUT2D eigenvalue weighted by molar-refractivity contribution is 0.0792. The summed E-state index contributed by atoms with van der Waals surface area (Å²) >= 11 is 1.35. The van der Waals surface area contributed by atoms with E-state index >= 15 is 0 Å². The summed E-state index contributed by atoms with van der Waals surface area (Å²) in [6.45, 7) is 6.98. The zero-order valence-electron chi connectivity index (χ0n) is 17.4. The van der Waals surface area contributed by atoms with Crippen molar-refractivity contribution >= 4 is 17.2 Å². The molecule has 1 fully saturated rings. The first-order chi connectivity index (χ1) is 14.5. The lowest BCUT2D eigenvalue weighted by atomic mass is 10.1. The molecule has 4 rings (SSSR count). The van der Waals surface area contributed by atoms with Gasteiger partial charge in [0, 0.05) is 26.2 Å². The summed E-state index contributed by atoms with van der Waals surface area (Å²) in [5.74, 6) is 1.40. The molecule has 1 aromatic carbocycles. The van der Waals surface area contributed by atoms with Gasteiger partial charge in [-0.3, -0.25) is 9.69 Å². The van der Waals surface area contributed by atoms with Crippen molar-refractivity contribution in [2.45, 2.75) is 45.9 Å². The third kappa shape index (κ3) is 4.98. The van der Waals surface area contributed by atoms with E-state index in [0.29, 0.717) is 22.9 Å². The number of amides is 1. The summed E-state index contributed by atoms with van der Waals surface area (Å²) in [4.78, 5) is 20.1. The van der Waals surface area contributed by atoms with Crippen LogP contribution in [0.4, 0.5) is 0 Å². The number of aliphatic hydroxyl groups excluding tert-OH is 1. The van der Waals surface area contributed by atoms with Crippen LogP contribution in [0.1, 0.15) is 45.1 Å². The number of furan rings is 1. The van der Waals surface area contributed by atoms with Crippen LogP contribution in [-0.2, 0) is 13.1 Å². The molecule has 0 aliphatic carbocycles. The summed E-state index contributed by atoms with van der Waals surface area (Å²) in [5.41, 5.74) is 3.02. The predicted octanol–water partition coefficient (Wildman–Crippen LogP) is 3.91. The average molecular weight is 426 g/mol. The van der Waals surface area contributed by atoms with Gasteiger partial charge in [0.25, 0.3) is 5.91 Å². The first kappa shape index (κ1) is 20.8. The van der Waals surface area contributed by atoms with Gasteiger partial charge in [-0.1, -0.05) is 24.3 Å². The number of piperidine rings is 1.